The first-order valence-electron chi connectivity index (χ1n) is 7.92. The van der Waals surface area contributed by atoms with E-state index < -0.39 is 5.82 Å². The summed E-state index contributed by atoms with van der Waals surface area (Å²) in [6.45, 7) is 1.90. The lowest BCUT2D eigenvalue weighted by Crippen LogP contribution is -2.16. The number of nitrogens with zero attached hydrogens (tertiary/aromatic N) is 3. The Bertz CT molecular complexity index is 946. The lowest BCUT2D eigenvalue weighted by molar-refractivity contribution is -0.115. The van der Waals surface area contributed by atoms with Crippen LogP contribution in [0.3, 0.4) is 0 Å². The molecule has 7 heteroatoms. The van der Waals surface area contributed by atoms with Crippen LogP contribution in [-0.2, 0) is 11.2 Å². The molecule has 2 aromatic heterocycles. The van der Waals surface area contributed by atoms with Crippen LogP contribution in [0.2, 0.25) is 0 Å². The zero-order valence-corrected chi connectivity index (χ0v) is 14.4. The van der Waals surface area contributed by atoms with E-state index in [0.717, 1.165) is 11.1 Å². The van der Waals surface area contributed by atoms with Crippen molar-refractivity contribution in [3.8, 4) is 17.0 Å². The summed E-state index contributed by atoms with van der Waals surface area (Å²) in [5.74, 6) is 0.195. The average molecular weight is 352 g/mol. The summed E-state index contributed by atoms with van der Waals surface area (Å²) in [6.07, 6.45) is 4.88. The predicted molar refractivity (Wildman–Crippen MR) is 95.3 cm³/mol. The number of ether oxygens (including phenoxy) is 1. The van der Waals surface area contributed by atoms with Gasteiger partial charge < -0.3 is 10.1 Å². The van der Waals surface area contributed by atoms with Gasteiger partial charge in [-0.1, -0.05) is 0 Å². The van der Waals surface area contributed by atoms with E-state index >= 15 is 0 Å². The summed E-state index contributed by atoms with van der Waals surface area (Å²) in [4.78, 5) is 24.5. The number of aryl methyl sites for hydroxylation is 1. The first kappa shape index (κ1) is 17.5. The third-order valence-corrected chi connectivity index (χ3v) is 3.86. The smallest absolute Gasteiger partial charge is 0.229 e. The molecule has 0 unspecified atom stereocenters. The topological polar surface area (TPSA) is 77.0 Å². The van der Waals surface area contributed by atoms with Gasteiger partial charge in [-0.15, -0.1) is 0 Å². The highest BCUT2D eigenvalue weighted by molar-refractivity contribution is 5.92. The number of anilines is 1. The highest BCUT2D eigenvalue weighted by Gasteiger charge is 2.12. The zero-order chi connectivity index (χ0) is 18.5. The molecule has 3 aromatic rings. The summed E-state index contributed by atoms with van der Waals surface area (Å²) in [7, 11) is 1.50. The lowest BCUT2D eigenvalue weighted by Gasteiger charge is -2.10. The average Bonchev–Trinajstić information content (AvgIpc) is 2.64. The van der Waals surface area contributed by atoms with Crippen molar-refractivity contribution in [1.29, 1.82) is 0 Å². The van der Waals surface area contributed by atoms with Crippen LogP contribution in [0.15, 0.2) is 49.1 Å². The minimum atomic E-state index is -0.404. The quantitative estimate of drug-likeness (QED) is 0.763. The number of aromatic nitrogens is 3. The van der Waals surface area contributed by atoms with Crippen molar-refractivity contribution in [2.24, 2.45) is 0 Å². The molecule has 3 rings (SSSR count). The van der Waals surface area contributed by atoms with Gasteiger partial charge in [0, 0.05) is 24.0 Å². The van der Waals surface area contributed by atoms with E-state index in [4.69, 9.17) is 4.74 Å². The second-order valence-electron chi connectivity index (χ2n) is 5.66. The Labute approximate surface area is 150 Å². The summed E-state index contributed by atoms with van der Waals surface area (Å²) in [5.41, 5.74) is 2.76. The number of nitrogens with one attached hydrogen (secondary N) is 1. The Morgan fingerprint density at radius 2 is 2.08 bits per heavy atom. The van der Waals surface area contributed by atoms with Crippen LogP contribution >= 0.6 is 0 Å². The number of carbonyl (C=O) groups excluding carboxylic acids is 1. The van der Waals surface area contributed by atoms with Gasteiger partial charge in [0.25, 0.3) is 0 Å². The van der Waals surface area contributed by atoms with E-state index in [1.807, 2.05) is 6.92 Å². The van der Waals surface area contributed by atoms with Crippen molar-refractivity contribution in [2.45, 2.75) is 13.3 Å². The normalized spacial score (nSPS) is 10.4. The Morgan fingerprint density at radius 3 is 2.85 bits per heavy atom. The summed E-state index contributed by atoms with van der Waals surface area (Å²) in [5, 5.41) is 2.73. The number of rotatable bonds is 5. The number of pyridine rings is 1. The van der Waals surface area contributed by atoms with Gasteiger partial charge in [0.1, 0.15) is 23.7 Å². The van der Waals surface area contributed by atoms with Crippen molar-refractivity contribution in [1.82, 2.24) is 15.0 Å². The fraction of sp³-hybridized carbons (Fsp3) is 0.158. The van der Waals surface area contributed by atoms with E-state index in [0.29, 0.717) is 22.8 Å². The molecule has 0 atom stereocenters. The van der Waals surface area contributed by atoms with Gasteiger partial charge in [-0.25, -0.2) is 14.4 Å². The van der Waals surface area contributed by atoms with Gasteiger partial charge >= 0.3 is 0 Å². The minimum Gasteiger partial charge on any atom is -0.496 e. The predicted octanol–water partition coefficient (Wildman–Crippen LogP) is 3.18. The van der Waals surface area contributed by atoms with Gasteiger partial charge in [0.15, 0.2) is 0 Å². The maximum Gasteiger partial charge on any atom is 0.229 e. The number of halogens is 1. The highest BCUT2D eigenvalue weighted by Crippen LogP contribution is 2.29. The fourth-order valence-corrected chi connectivity index (χ4v) is 2.51. The molecular formula is C19H17FN4O2. The maximum atomic E-state index is 13.6. The van der Waals surface area contributed by atoms with Crippen LogP contribution in [0, 0.1) is 12.7 Å². The fourth-order valence-electron chi connectivity index (χ4n) is 2.51. The first-order chi connectivity index (χ1) is 12.6. The van der Waals surface area contributed by atoms with E-state index in [1.54, 1.807) is 24.5 Å². The Balaban J connectivity index is 1.81. The molecule has 0 aliphatic rings. The Morgan fingerprint density at radius 1 is 1.23 bits per heavy atom. The van der Waals surface area contributed by atoms with Crippen LogP contribution in [0.25, 0.3) is 11.3 Å². The van der Waals surface area contributed by atoms with Crippen LogP contribution in [0.1, 0.15) is 11.1 Å². The molecule has 0 fully saturated rings. The second kappa shape index (κ2) is 7.69. The van der Waals surface area contributed by atoms with E-state index in [2.05, 4.69) is 20.3 Å². The van der Waals surface area contributed by atoms with Gasteiger partial charge in [-0.05, 0) is 42.3 Å². The number of hydrogen-bond donors (Lipinski definition) is 1. The van der Waals surface area contributed by atoms with Crippen LogP contribution < -0.4 is 10.1 Å². The lowest BCUT2D eigenvalue weighted by atomic mass is 10.1. The molecule has 0 radical (unpaired) electrons. The van der Waals surface area contributed by atoms with Crippen molar-refractivity contribution in [2.75, 3.05) is 12.4 Å². The van der Waals surface area contributed by atoms with Crippen molar-refractivity contribution in [3.05, 3.63) is 66.0 Å². The van der Waals surface area contributed by atoms with E-state index in [1.165, 1.54) is 31.6 Å². The SMILES string of the molecule is COc1ccc(F)cc1-c1cc(NC(=O)Cc2ccncc2C)ncn1. The minimum absolute atomic E-state index is 0.205. The van der Waals surface area contributed by atoms with Gasteiger partial charge in [0.05, 0.1) is 19.2 Å². The summed E-state index contributed by atoms with van der Waals surface area (Å²) < 4.78 is 18.8. The third-order valence-electron chi connectivity index (χ3n) is 3.86. The standard InChI is InChI=1S/C19H17FN4O2/c1-12-10-21-6-5-13(12)7-19(25)24-18-9-16(22-11-23-18)15-8-14(20)3-4-17(15)26-2/h3-6,8-11H,7H2,1-2H3,(H,22,23,24,25). The molecule has 2 heterocycles. The van der Waals surface area contributed by atoms with Crippen molar-refractivity contribution in [3.63, 3.8) is 0 Å². The molecule has 0 saturated carbocycles. The second-order valence-corrected chi connectivity index (χ2v) is 5.66. The monoisotopic (exact) mass is 352 g/mol. The molecule has 1 N–H and O–H groups in total. The summed E-state index contributed by atoms with van der Waals surface area (Å²) >= 11 is 0. The largest absolute Gasteiger partial charge is 0.496 e. The Kier molecular flexibility index (Phi) is 5.17. The number of carbonyl (C=O) groups is 1. The van der Waals surface area contributed by atoms with Crippen LogP contribution in [-0.4, -0.2) is 28.0 Å². The van der Waals surface area contributed by atoms with Gasteiger partial charge in [-0.2, -0.15) is 0 Å². The number of benzene rings is 1. The third kappa shape index (κ3) is 4.00. The molecule has 0 spiro atoms. The molecule has 1 amide bonds. The molecule has 0 aliphatic heterocycles. The molecule has 1 aromatic carbocycles. The maximum absolute atomic E-state index is 13.6. The van der Waals surface area contributed by atoms with Crippen molar-refractivity contribution < 1.29 is 13.9 Å². The molecule has 0 bridgehead atoms. The van der Waals surface area contributed by atoms with E-state index in [-0.39, 0.29) is 12.3 Å². The Hall–Kier alpha value is -3.35. The number of methoxy groups -OCH3 is 1. The van der Waals surface area contributed by atoms with Gasteiger partial charge in [-0.3, -0.25) is 9.78 Å². The number of hydrogen-bond acceptors (Lipinski definition) is 5. The molecule has 6 nitrogen and oxygen atoms in total. The van der Waals surface area contributed by atoms with Crippen LogP contribution in [0.4, 0.5) is 10.2 Å². The molecular weight excluding hydrogens is 335 g/mol. The molecule has 132 valence electrons. The van der Waals surface area contributed by atoms with Crippen LogP contribution in [0.5, 0.6) is 5.75 Å². The highest BCUT2D eigenvalue weighted by atomic mass is 19.1. The summed E-state index contributed by atoms with van der Waals surface area (Å²) in [6, 6.07) is 7.54. The molecule has 0 aliphatic carbocycles. The molecule has 0 saturated heterocycles. The van der Waals surface area contributed by atoms with Crippen molar-refractivity contribution >= 4 is 11.7 Å². The molecule has 26 heavy (non-hydrogen) atoms. The zero-order valence-electron chi connectivity index (χ0n) is 14.4. The van der Waals surface area contributed by atoms with E-state index in [9.17, 15) is 9.18 Å². The van der Waals surface area contributed by atoms with Gasteiger partial charge in [0.2, 0.25) is 5.91 Å². The number of amides is 1. The first-order valence-corrected chi connectivity index (χ1v) is 7.92.